The molecule has 0 amide bonds. The highest BCUT2D eigenvalue weighted by molar-refractivity contribution is 7.89. The van der Waals surface area contributed by atoms with Crippen molar-refractivity contribution in [1.29, 1.82) is 0 Å². The zero-order valence-corrected chi connectivity index (χ0v) is 16.3. The molecule has 2 heterocycles. The lowest BCUT2D eigenvalue weighted by molar-refractivity contribution is 0.427. The van der Waals surface area contributed by atoms with Gasteiger partial charge in [0.05, 0.1) is 17.1 Å². The molecular formula is C19H26N4O2S. The van der Waals surface area contributed by atoms with Crippen LogP contribution in [-0.4, -0.2) is 34.3 Å². The lowest BCUT2D eigenvalue weighted by atomic mass is 10.1. The van der Waals surface area contributed by atoms with Gasteiger partial charge < -0.3 is 0 Å². The van der Waals surface area contributed by atoms with Crippen LogP contribution in [0.2, 0.25) is 0 Å². The second-order valence-corrected chi connectivity index (χ2v) is 8.80. The molecular weight excluding hydrogens is 348 g/mol. The fraction of sp³-hybridized carbons (Fsp3) is 0.474. The van der Waals surface area contributed by atoms with Crippen molar-refractivity contribution in [2.75, 3.05) is 6.54 Å². The van der Waals surface area contributed by atoms with E-state index in [1.165, 1.54) is 17.1 Å². The second kappa shape index (κ2) is 7.72. The van der Waals surface area contributed by atoms with E-state index in [9.17, 15) is 8.42 Å². The molecule has 26 heavy (non-hydrogen) atoms. The summed E-state index contributed by atoms with van der Waals surface area (Å²) in [6.45, 7) is 9.52. The van der Waals surface area contributed by atoms with Gasteiger partial charge in [0.25, 0.3) is 0 Å². The van der Waals surface area contributed by atoms with Crippen molar-refractivity contribution in [2.45, 2.75) is 57.5 Å². The SMILES string of the molecule is C=C1CN(S(=O)(=O)c2ccc(C)cc2)Cc2nnn(CCCCCC)c21. The minimum absolute atomic E-state index is 0.236. The van der Waals surface area contributed by atoms with Gasteiger partial charge in [0, 0.05) is 13.1 Å². The van der Waals surface area contributed by atoms with Gasteiger partial charge in [0.15, 0.2) is 0 Å². The maximum atomic E-state index is 12.9. The predicted octanol–water partition coefficient (Wildman–Crippen LogP) is 3.38. The Kier molecular flexibility index (Phi) is 5.58. The van der Waals surface area contributed by atoms with Crippen molar-refractivity contribution in [3.05, 3.63) is 47.8 Å². The van der Waals surface area contributed by atoms with Crippen LogP contribution < -0.4 is 0 Å². The van der Waals surface area contributed by atoms with Gasteiger partial charge >= 0.3 is 0 Å². The number of sulfonamides is 1. The Morgan fingerprint density at radius 3 is 2.54 bits per heavy atom. The van der Waals surface area contributed by atoms with Crippen molar-refractivity contribution in [1.82, 2.24) is 19.3 Å². The highest BCUT2D eigenvalue weighted by Crippen LogP contribution is 2.29. The highest BCUT2D eigenvalue weighted by Gasteiger charge is 2.33. The summed E-state index contributed by atoms with van der Waals surface area (Å²) in [5, 5.41) is 8.45. The summed E-state index contributed by atoms with van der Waals surface area (Å²) in [6, 6.07) is 6.91. The van der Waals surface area contributed by atoms with Crippen LogP contribution in [0.1, 0.15) is 49.6 Å². The number of hydrogen-bond acceptors (Lipinski definition) is 4. The van der Waals surface area contributed by atoms with Crippen LogP contribution in [-0.2, 0) is 23.1 Å². The maximum absolute atomic E-state index is 12.9. The van der Waals surface area contributed by atoms with Crippen LogP contribution in [0.15, 0.2) is 35.7 Å². The van der Waals surface area contributed by atoms with Gasteiger partial charge in [-0.1, -0.05) is 55.7 Å². The molecule has 0 N–H and O–H groups in total. The molecule has 1 aromatic heterocycles. The van der Waals surface area contributed by atoms with Gasteiger partial charge in [-0.25, -0.2) is 13.1 Å². The van der Waals surface area contributed by atoms with Gasteiger partial charge in [-0.2, -0.15) is 4.31 Å². The van der Waals surface area contributed by atoms with E-state index >= 15 is 0 Å². The molecule has 0 bridgehead atoms. The largest absolute Gasteiger partial charge is 0.245 e. The maximum Gasteiger partial charge on any atom is 0.243 e. The molecule has 3 rings (SSSR count). The number of unbranched alkanes of at least 4 members (excludes halogenated alkanes) is 3. The molecule has 0 aliphatic carbocycles. The Morgan fingerprint density at radius 2 is 1.85 bits per heavy atom. The number of aromatic nitrogens is 3. The van der Waals surface area contributed by atoms with E-state index < -0.39 is 10.0 Å². The number of nitrogens with zero attached hydrogens (tertiary/aromatic N) is 4. The Labute approximate surface area is 155 Å². The average molecular weight is 375 g/mol. The summed E-state index contributed by atoms with van der Waals surface area (Å²) in [7, 11) is -3.57. The van der Waals surface area contributed by atoms with Crippen molar-refractivity contribution < 1.29 is 8.42 Å². The quantitative estimate of drug-likeness (QED) is 0.697. The molecule has 7 heteroatoms. The van der Waals surface area contributed by atoms with Crippen LogP contribution in [0.3, 0.4) is 0 Å². The van der Waals surface area contributed by atoms with Crippen molar-refractivity contribution in [3.63, 3.8) is 0 Å². The van der Waals surface area contributed by atoms with Gasteiger partial charge in [-0.3, -0.25) is 0 Å². The lowest BCUT2D eigenvalue weighted by Crippen LogP contribution is -2.35. The van der Waals surface area contributed by atoms with Crippen molar-refractivity contribution in [3.8, 4) is 0 Å². The van der Waals surface area contributed by atoms with E-state index in [-0.39, 0.29) is 13.1 Å². The van der Waals surface area contributed by atoms with Crippen LogP contribution in [0.5, 0.6) is 0 Å². The summed E-state index contributed by atoms with van der Waals surface area (Å²) >= 11 is 0. The first kappa shape index (κ1) is 18.8. The average Bonchev–Trinajstić information content (AvgIpc) is 3.03. The third-order valence-electron chi connectivity index (χ3n) is 4.72. The first-order valence-corrected chi connectivity index (χ1v) is 10.5. The first-order valence-electron chi connectivity index (χ1n) is 9.11. The molecule has 1 aliphatic rings. The molecule has 0 atom stereocenters. The topological polar surface area (TPSA) is 68.1 Å². The van der Waals surface area contributed by atoms with Crippen LogP contribution >= 0.6 is 0 Å². The molecule has 2 aromatic rings. The lowest BCUT2D eigenvalue weighted by Gasteiger charge is -2.27. The van der Waals surface area contributed by atoms with E-state index in [2.05, 4.69) is 23.8 Å². The molecule has 140 valence electrons. The summed E-state index contributed by atoms with van der Waals surface area (Å²) < 4.78 is 29.2. The van der Waals surface area contributed by atoms with E-state index in [4.69, 9.17) is 0 Å². The Morgan fingerprint density at radius 1 is 1.12 bits per heavy atom. The summed E-state index contributed by atoms with van der Waals surface area (Å²) in [4.78, 5) is 0.298. The third-order valence-corrected chi connectivity index (χ3v) is 6.52. The third kappa shape index (κ3) is 3.73. The number of rotatable bonds is 7. The van der Waals surface area contributed by atoms with E-state index in [1.807, 2.05) is 23.7 Å². The van der Waals surface area contributed by atoms with Gasteiger partial charge in [0.1, 0.15) is 5.69 Å². The van der Waals surface area contributed by atoms with Gasteiger partial charge in [-0.15, -0.1) is 5.10 Å². The Bertz CT molecular complexity index is 885. The van der Waals surface area contributed by atoms with Crippen LogP contribution in [0.25, 0.3) is 5.57 Å². The van der Waals surface area contributed by atoms with Gasteiger partial charge in [-0.05, 0) is 31.1 Å². The fourth-order valence-electron chi connectivity index (χ4n) is 3.23. The highest BCUT2D eigenvalue weighted by atomic mass is 32.2. The van der Waals surface area contributed by atoms with Crippen molar-refractivity contribution in [2.24, 2.45) is 0 Å². The molecule has 0 spiro atoms. The molecule has 0 radical (unpaired) electrons. The first-order chi connectivity index (χ1) is 12.4. The molecule has 0 saturated heterocycles. The van der Waals surface area contributed by atoms with E-state index in [0.29, 0.717) is 10.6 Å². The van der Waals surface area contributed by atoms with Crippen molar-refractivity contribution >= 4 is 15.6 Å². The minimum atomic E-state index is -3.57. The van der Waals surface area contributed by atoms with E-state index in [0.717, 1.165) is 36.2 Å². The molecule has 1 aliphatic heterocycles. The summed E-state index contributed by atoms with van der Waals surface area (Å²) in [5.74, 6) is 0. The van der Waals surface area contributed by atoms with Crippen LogP contribution in [0, 0.1) is 6.92 Å². The summed E-state index contributed by atoms with van der Waals surface area (Å²) in [5.41, 5.74) is 3.37. The van der Waals surface area contributed by atoms with Crippen LogP contribution in [0.4, 0.5) is 0 Å². The minimum Gasteiger partial charge on any atom is -0.245 e. The molecule has 0 fully saturated rings. The zero-order chi connectivity index (χ0) is 18.7. The molecule has 1 aromatic carbocycles. The summed E-state index contributed by atoms with van der Waals surface area (Å²) in [6.07, 6.45) is 4.60. The Hall–Kier alpha value is -1.99. The number of fused-ring (bicyclic) bond motifs is 1. The number of aryl methyl sites for hydroxylation is 2. The van der Waals surface area contributed by atoms with E-state index in [1.54, 1.807) is 12.1 Å². The molecule has 0 unspecified atom stereocenters. The van der Waals surface area contributed by atoms with Gasteiger partial charge in [0.2, 0.25) is 10.0 Å². The normalized spacial score (nSPS) is 15.2. The fourth-order valence-corrected chi connectivity index (χ4v) is 4.62. The molecule has 0 saturated carbocycles. The standard InChI is InChI=1S/C19H26N4O2S/c1-4-5-6-7-12-23-19-16(3)13-22(14-18(19)20-21-23)26(24,25)17-10-8-15(2)9-11-17/h8-11H,3-7,12-14H2,1-2H3. The number of benzene rings is 1. The Balaban J connectivity index is 1.79. The second-order valence-electron chi connectivity index (χ2n) is 6.86. The zero-order valence-electron chi connectivity index (χ0n) is 15.5. The monoisotopic (exact) mass is 374 g/mol. The number of hydrogen-bond donors (Lipinski definition) is 0. The predicted molar refractivity (Wildman–Crippen MR) is 102 cm³/mol. The molecule has 6 nitrogen and oxygen atoms in total. The smallest absolute Gasteiger partial charge is 0.243 e.